The predicted octanol–water partition coefficient (Wildman–Crippen LogP) is -13.5. The molecule has 0 bridgehead atoms. The van der Waals surface area contributed by atoms with E-state index in [9.17, 15) is 0 Å². The highest BCUT2D eigenvalue weighted by Crippen LogP contribution is 2.05. The second-order valence-corrected chi connectivity index (χ2v) is 8.81. The molecule has 20 heteroatoms. The molecule has 0 saturated carbocycles. The van der Waals surface area contributed by atoms with Crippen molar-refractivity contribution in [3.05, 3.63) is 0 Å². The van der Waals surface area contributed by atoms with Crippen LogP contribution in [0.1, 0.15) is 0 Å². The highest BCUT2D eigenvalue weighted by Gasteiger charge is 2.45. The average Bonchev–Trinajstić information content (AvgIpc) is 2.24. The van der Waals surface area contributed by atoms with Crippen molar-refractivity contribution in [2.24, 2.45) is 0 Å². The lowest BCUT2D eigenvalue weighted by Crippen LogP contribution is -2.80. The lowest BCUT2D eigenvalue weighted by atomic mass is 8.39. The molecular formula is H22B20. The highest BCUT2D eigenvalue weighted by atomic mass is 13.2. The van der Waals surface area contributed by atoms with Gasteiger partial charge in [0, 0.05) is 57.5 Å². The molecule has 0 atom stereocenters. The van der Waals surface area contributed by atoms with Gasteiger partial charge in [-0.05, 0) is 0 Å². The van der Waals surface area contributed by atoms with Gasteiger partial charge in [-0.15, -0.1) is 0 Å². The van der Waals surface area contributed by atoms with E-state index in [4.69, 9.17) is 0 Å². The fraction of sp³-hybridized carbons (Fsp3) is 0. The van der Waals surface area contributed by atoms with Crippen LogP contribution in [0.5, 0.6) is 0 Å². The number of rotatable bonds is 8. The minimum Gasteiger partial charge on any atom is 0.00106 e. The molecule has 0 unspecified atom stereocenters. The zero-order chi connectivity index (χ0) is 16.2. The zero-order valence-corrected chi connectivity index (χ0v) is 16.2. The van der Waals surface area contributed by atoms with E-state index in [-0.39, 0.29) is 0 Å². The third-order valence-electron chi connectivity index (χ3n) is 5.63. The Bertz CT molecular complexity index is 211. The molecule has 0 aliphatic heterocycles. The molecule has 0 fully saturated rings. The topological polar surface area (TPSA) is 0 Å². The largest absolute Gasteiger partial charge is 0.0552 e. The van der Waals surface area contributed by atoms with Crippen LogP contribution in [0.2, 0.25) is 0 Å². The summed E-state index contributed by atoms with van der Waals surface area (Å²) in [6, 6.07) is 0. The van der Waals surface area contributed by atoms with Crippen LogP contribution in [0, 0.1) is 0 Å². The first kappa shape index (κ1) is 21.3. The van der Waals surface area contributed by atoms with E-state index in [0.717, 1.165) is 57.5 Å². The minimum atomic E-state index is 0.778. The second-order valence-electron chi connectivity index (χ2n) is 8.81. The summed E-state index contributed by atoms with van der Waals surface area (Å²) in [6.07, 6.45) is 7.21. The fourth-order valence-corrected chi connectivity index (χ4v) is 4.72. The summed E-state index contributed by atoms with van der Waals surface area (Å²) in [4.78, 5) is 0. The summed E-state index contributed by atoms with van der Waals surface area (Å²) in [5.74, 6) is 0. The molecular weight excluding hydrogens is 216 g/mol. The van der Waals surface area contributed by atoms with Crippen molar-refractivity contribution in [1.82, 2.24) is 0 Å². The van der Waals surface area contributed by atoms with Crippen molar-refractivity contribution in [3.8, 4) is 0 Å². The van der Waals surface area contributed by atoms with Gasteiger partial charge >= 0.3 is 0 Å². The molecule has 0 saturated heterocycles. The van der Waals surface area contributed by atoms with E-state index in [2.05, 4.69) is 85.1 Å². The molecule has 0 spiro atoms. The minimum absolute atomic E-state index is 0.778. The van der Waals surface area contributed by atoms with E-state index < -0.39 is 0 Å². The van der Waals surface area contributed by atoms with Crippen LogP contribution in [0.3, 0.4) is 0 Å². The summed E-state index contributed by atoms with van der Waals surface area (Å²) < 4.78 is 0. The Labute approximate surface area is 142 Å². The third-order valence-corrected chi connectivity index (χ3v) is 5.63. The Hall–Kier alpha value is 1.30. The molecule has 0 rings (SSSR count). The summed E-state index contributed by atoms with van der Waals surface area (Å²) in [6.45, 7) is 0. The summed E-state index contributed by atoms with van der Waals surface area (Å²) >= 11 is 0. The first-order valence-corrected chi connectivity index (χ1v) is 9.02. The van der Waals surface area contributed by atoms with Gasteiger partial charge in [-0.25, -0.2) is 0 Å². The maximum atomic E-state index is 2.50. The van der Waals surface area contributed by atoms with Gasteiger partial charge in [0.15, 0.2) is 0 Å². The monoisotopic (exact) mass is 242 g/mol. The van der Waals surface area contributed by atoms with Crippen molar-refractivity contribution in [1.29, 1.82) is 0 Å². The maximum absolute atomic E-state index is 2.50. The van der Waals surface area contributed by atoms with Crippen molar-refractivity contribution in [2.75, 3.05) is 0 Å². The second kappa shape index (κ2) is 9.44. The molecule has 0 heterocycles. The van der Waals surface area contributed by atoms with Gasteiger partial charge < -0.3 is 0 Å². The third kappa shape index (κ3) is 5.83. The first-order valence-electron chi connectivity index (χ1n) is 9.02. The number of hydrogen-bond acceptors (Lipinski definition) is 0. The van der Waals surface area contributed by atoms with Crippen LogP contribution < -0.4 is 0 Å². The Kier molecular flexibility index (Phi) is 10.1. The predicted molar refractivity (Wildman–Crippen MR) is 146 cm³/mol. The van der Waals surface area contributed by atoms with Crippen molar-refractivity contribution in [3.63, 3.8) is 0 Å². The molecule has 0 radical (unpaired) electrons. The van der Waals surface area contributed by atoms with Crippen LogP contribution >= 0.6 is 0 Å². The standard InChI is InChI=1S/B20H22/c1-12(2)17(11)20(18(13(3)4)14(5)6)19(15(7)8)16(9)10/h1-11H2. The fourth-order valence-electron chi connectivity index (χ4n) is 4.72. The van der Waals surface area contributed by atoms with E-state index in [1.807, 2.05) is 0 Å². The molecule has 0 aromatic rings. The smallest absolute Gasteiger partial charge is 0.00106 e. The quantitative estimate of drug-likeness (QED) is 0.369. The lowest BCUT2D eigenvalue weighted by molar-refractivity contribution is 3.33. The summed E-state index contributed by atoms with van der Waals surface area (Å²) in [5.41, 5.74) is 0. The first-order chi connectivity index (χ1) is 9.02. The highest BCUT2D eigenvalue weighted by molar-refractivity contribution is 8.19. The van der Waals surface area contributed by atoms with Crippen LogP contribution in [-0.4, -0.2) is 143 Å². The molecule has 0 aliphatic carbocycles. The molecule has 0 amide bonds. The average molecular weight is 238 g/mol. The van der Waals surface area contributed by atoms with Gasteiger partial charge in [0.2, 0.25) is 0 Å². The normalized spacial score (nSPS) is 9.20. The molecule has 20 heavy (non-hydrogen) atoms. The molecule has 82 valence electrons. The van der Waals surface area contributed by atoms with Crippen molar-refractivity contribution < 1.29 is 0 Å². The Morgan fingerprint density at radius 2 is 0.550 bits per heavy atom. The van der Waals surface area contributed by atoms with Crippen molar-refractivity contribution in [2.45, 2.75) is 0 Å². The summed E-state index contributed by atoms with van der Waals surface area (Å²) in [7, 11) is 26.8. The molecule has 0 aromatic carbocycles. The Morgan fingerprint density at radius 1 is 0.300 bits per heavy atom. The van der Waals surface area contributed by atoms with Gasteiger partial charge in [0.1, 0.15) is 0 Å². The van der Waals surface area contributed by atoms with Crippen molar-refractivity contribution >= 4 is 143 Å². The van der Waals surface area contributed by atoms with Gasteiger partial charge in [0.25, 0.3) is 0 Å². The van der Waals surface area contributed by atoms with Gasteiger partial charge in [-0.1, -0.05) is 0 Å². The summed E-state index contributed by atoms with van der Waals surface area (Å²) in [5, 5.41) is 0. The Morgan fingerprint density at radius 3 is 0.700 bits per heavy atom. The van der Waals surface area contributed by atoms with E-state index in [1.54, 1.807) is 0 Å². The molecule has 0 aliphatic rings. The molecule has 0 aromatic heterocycles. The van der Waals surface area contributed by atoms with Gasteiger partial charge in [-0.3, -0.25) is 0 Å². The van der Waals surface area contributed by atoms with E-state index in [0.29, 0.717) is 0 Å². The molecule has 0 nitrogen and oxygen atoms in total. The Balaban J connectivity index is 5.66. The molecule has 0 N–H and O–H groups in total. The van der Waals surface area contributed by atoms with E-state index in [1.165, 1.54) is 0 Å². The zero-order valence-electron chi connectivity index (χ0n) is 16.2. The lowest BCUT2D eigenvalue weighted by Gasteiger charge is -2.41. The SMILES string of the molecule is BB(B)B(B)B(B(B(B)B)B(B)B)B(B(B)B)B(B)B. The van der Waals surface area contributed by atoms with E-state index >= 15 is 0 Å². The van der Waals surface area contributed by atoms with Crippen LogP contribution in [-0.2, 0) is 0 Å². The van der Waals surface area contributed by atoms with Crippen LogP contribution in [0.25, 0.3) is 0 Å². The number of hydrogen-bond donors (Lipinski definition) is 0. The van der Waals surface area contributed by atoms with Crippen LogP contribution in [0.4, 0.5) is 0 Å². The van der Waals surface area contributed by atoms with Gasteiger partial charge in [-0.2, -0.15) is 0 Å². The van der Waals surface area contributed by atoms with Gasteiger partial charge in [0.05, 0.1) is 85.1 Å². The maximum Gasteiger partial charge on any atom is 0.0552 e. The van der Waals surface area contributed by atoms with Crippen LogP contribution in [0.15, 0.2) is 0 Å².